The lowest BCUT2D eigenvalue weighted by atomic mass is 9.91. The molecule has 0 aromatic rings. The molecule has 0 saturated carbocycles. The van der Waals surface area contributed by atoms with E-state index in [9.17, 15) is 4.79 Å². The zero-order chi connectivity index (χ0) is 30.5. The average Bonchev–Trinajstić information content (AvgIpc) is 2.94. The van der Waals surface area contributed by atoms with Crippen LogP contribution in [-0.4, -0.2) is 54.9 Å². The van der Waals surface area contributed by atoms with Crippen LogP contribution in [0, 0.1) is 5.92 Å². The molecule has 234 valence electrons. The normalized spacial score (nSPS) is 16.6. The topological polar surface area (TPSA) is 23.6 Å². The van der Waals surface area contributed by atoms with Gasteiger partial charge in [0.1, 0.15) is 5.78 Å². The zero-order valence-electron chi connectivity index (χ0n) is 28.3. The second-order valence-electron chi connectivity index (χ2n) is 12.9. The van der Waals surface area contributed by atoms with Gasteiger partial charge in [0.25, 0.3) is 0 Å². The molecule has 1 aliphatic rings. The molecule has 0 bridgehead atoms. The standard InChI is InChI=1S/C38H66N2O/c1-9-16-37(31-34(6)19-13-17-32(3)4)24-23-36(8)35(7)20-15-26-40-29-27-39(28-30-40)25-12-11-21-38(41)22-14-18-33(5)10-2/h10,16-17,31,36H,7,9,11-15,18-30H2,1-6,8H3/b33-10-,34-31+,37-16+. The van der Waals surface area contributed by atoms with Gasteiger partial charge in [-0.3, -0.25) is 4.79 Å². The van der Waals surface area contributed by atoms with Crippen LogP contribution in [0.15, 0.2) is 58.7 Å². The van der Waals surface area contributed by atoms with Crippen LogP contribution in [0.4, 0.5) is 0 Å². The molecular weight excluding hydrogens is 500 g/mol. The van der Waals surface area contributed by atoms with E-state index in [4.69, 9.17) is 0 Å². The van der Waals surface area contributed by atoms with Crippen molar-refractivity contribution in [3.8, 4) is 0 Å². The first kappa shape index (κ1) is 37.3. The molecule has 1 unspecified atom stereocenters. The molecule has 0 aromatic carbocycles. The van der Waals surface area contributed by atoms with Gasteiger partial charge in [-0.25, -0.2) is 0 Å². The van der Waals surface area contributed by atoms with Gasteiger partial charge in [0.15, 0.2) is 0 Å². The predicted octanol–water partition coefficient (Wildman–Crippen LogP) is 10.3. The second kappa shape index (κ2) is 22.8. The van der Waals surface area contributed by atoms with E-state index in [-0.39, 0.29) is 0 Å². The SMILES string of the molecule is C=C(CCCN1CCN(CCCCC(=O)CCC/C(C)=C\C)CC1)C(C)CCC(/C=C(\C)CCC=C(C)C)=C\CC. The summed E-state index contributed by atoms with van der Waals surface area (Å²) in [5, 5.41) is 0. The summed E-state index contributed by atoms with van der Waals surface area (Å²) in [7, 11) is 0. The number of nitrogens with zero attached hydrogens (tertiary/aromatic N) is 2. The number of rotatable bonds is 22. The molecular formula is C38H66N2O. The summed E-state index contributed by atoms with van der Waals surface area (Å²) in [4.78, 5) is 17.4. The van der Waals surface area contributed by atoms with E-state index in [1.807, 2.05) is 0 Å². The first-order chi connectivity index (χ1) is 19.6. The van der Waals surface area contributed by atoms with Crippen molar-refractivity contribution in [1.82, 2.24) is 9.80 Å². The molecule has 1 atom stereocenters. The Kier molecular flexibility index (Phi) is 20.8. The van der Waals surface area contributed by atoms with Gasteiger partial charge >= 0.3 is 0 Å². The summed E-state index contributed by atoms with van der Waals surface area (Å²) in [5.41, 5.74) is 7.22. The number of carbonyl (C=O) groups excluding carboxylic acids is 1. The highest BCUT2D eigenvalue weighted by molar-refractivity contribution is 5.78. The van der Waals surface area contributed by atoms with Crippen molar-refractivity contribution < 1.29 is 4.79 Å². The number of carbonyl (C=O) groups is 1. The molecule has 3 heteroatoms. The summed E-state index contributed by atoms with van der Waals surface area (Å²) in [5.74, 6) is 1.03. The second-order valence-corrected chi connectivity index (χ2v) is 12.9. The van der Waals surface area contributed by atoms with Crippen molar-refractivity contribution in [3.05, 3.63) is 58.7 Å². The van der Waals surface area contributed by atoms with Gasteiger partial charge in [-0.2, -0.15) is 0 Å². The maximum absolute atomic E-state index is 12.1. The maximum Gasteiger partial charge on any atom is 0.132 e. The van der Waals surface area contributed by atoms with Crippen molar-refractivity contribution in [2.45, 2.75) is 132 Å². The fraction of sp³-hybridized carbons (Fsp3) is 0.711. The van der Waals surface area contributed by atoms with Gasteiger partial charge in [0.2, 0.25) is 0 Å². The Morgan fingerprint density at radius 2 is 1.41 bits per heavy atom. The maximum atomic E-state index is 12.1. The quantitative estimate of drug-likeness (QED) is 0.0740. The van der Waals surface area contributed by atoms with E-state index >= 15 is 0 Å². The molecule has 0 aromatic heterocycles. The summed E-state index contributed by atoms with van der Waals surface area (Å²) in [6.07, 6.45) is 23.2. The van der Waals surface area contributed by atoms with Crippen molar-refractivity contribution in [2.75, 3.05) is 39.3 Å². The Bertz CT molecular complexity index is 863. The highest BCUT2D eigenvalue weighted by Crippen LogP contribution is 2.24. The zero-order valence-corrected chi connectivity index (χ0v) is 28.3. The average molecular weight is 567 g/mol. The third-order valence-electron chi connectivity index (χ3n) is 8.69. The molecule has 41 heavy (non-hydrogen) atoms. The number of Topliss-reactive ketones (excluding diaryl/α,β-unsaturated/α-hetero) is 1. The Morgan fingerprint density at radius 3 is 2.02 bits per heavy atom. The summed E-state index contributed by atoms with van der Waals surface area (Å²) >= 11 is 0. The number of unbranched alkanes of at least 4 members (excludes halogenated alkanes) is 1. The predicted molar refractivity (Wildman–Crippen MR) is 183 cm³/mol. The molecule has 1 rings (SSSR count). The Morgan fingerprint density at radius 1 is 0.780 bits per heavy atom. The minimum absolute atomic E-state index is 0.449. The monoisotopic (exact) mass is 567 g/mol. The number of allylic oxidation sites excluding steroid dienone is 9. The minimum Gasteiger partial charge on any atom is -0.301 e. The number of hydrogen-bond donors (Lipinski definition) is 0. The van der Waals surface area contributed by atoms with Crippen LogP contribution >= 0.6 is 0 Å². The van der Waals surface area contributed by atoms with E-state index in [0.717, 1.165) is 77.2 Å². The minimum atomic E-state index is 0.449. The van der Waals surface area contributed by atoms with Crippen LogP contribution in [0.2, 0.25) is 0 Å². The molecule has 3 nitrogen and oxygen atoms in total. The van der Waals surface area contributed by atoms with Gasteiger partial charge in [-0.05, 0) is 124 Å². The lowest BCUT2D eigenvalue weighted by Gasteiger charge is -2.34. The fourth-order valence-electron chi connectivity index (χ4n) is 5.56. The molecule has 1 fully saturated rings. The van der Waals surface area contributed by atoms with Gasteiger partial charge in [-0.1, -0.05) is 72.6 Å². The molecule has 0 spiro atoms. The largest absolute Gasteiger partial charge is 0.301 e. The summed E-state index contributed by atoms with van der Waals surface area (Å²) in [6.45, 7) is 27.0. The van der Waals surface area contributed by atoms with Crippen LogP contribution in [0.3, 0.4) is 0 Å². The first-order valence-electron chi connectivity index (χ1n) is 16.9. The van der Waals surface area contributed by atoms with Crippen LogP contribution in [0.5, 0.6) is 0 Å². The third-order valence-corrected chi connectivity index (χ3v) is 8.69. The van der Waals surface area contributed by atoms with Crippen LogP contribution in [0.1, 0.15) is 132 Å². The highest BCUT2D eigenvalue weighted by atomic mass is 16.1. The van der Waals surface area contributed by atoms with E-state index < -0.39 is 0 Å². The Labute approximate surface area is 255 Å². The lowest BCUT2D eigenvalue weighted by Crippen LogP contribution is -2.46. The van der Waals surface area contributed by atoms with Crippen LogP contribution in [-0.2, 0) is 4.79 Å². The molecule has 0 radical (unpaired) electrons. The van der Waals surface area contributed by atoms with E-state index in [1.54, 1.807) is 0 Å². The van der Waals surface area contributed by atoms with E-state index in [2.05, 4.69) is 89.1 Å². The summed E-state index contributed by atoms with van der Waals surface area (Å²) < 4.78 is 0. The molecule has 1 aliphatic heterocycles. The fourth-order valence-corrected chi connectivity index (χ4v) is 5.56. The van der Waals surface area contributed by atoms with Crippen molar-refractivity contribution in [3.63, 3.8) is 0 Å². The molecule has 0 aliphatic carbocycles. The number of ketones is 1. The Hall–Kier alpha value is -1.71. The lowest BCUT2D eigenvalue weighted by molar-refractivity contribution is -0.119. The summed E-state index contributed by atoms with van der Waals surface area (Å²) in [6, 6.07) is 0. The number of hydrogen-bond acceptors (Lipinski definition) is 3. The van der Waals surface area contributed by atoms with E-state index in [0.29, 0.717) is 11.7 Å². The molecule has 1 saturated heterocycles. The van der Waals surface area contributed by atoms with Crippen molar-refractivity contribution in [1.29, 1.82) is 0 Å². The smallest absolute Gasteiger partial charge is 0.132 e. The third kappa shape index (κ3) is 19.2. The molecule has 1 heterocycles. The van der Waals surface area contributed by atoms with Gasteiger partial charge in [0.05, 0.1) is 0 Å². The molecule has 0 N–H and O–H groups in total. The van der Waals surface area contributed by atoms with E-state index in [1.165, 1.54) is 73.4 Å². The molecule has 0 amide bonds. The van der Waals surface area contributed by atoms with Gasteiger partial charge in [0, 0.05) is 39.0 Å². The van der Waals surface area contributed by atoms with Crippen LogP contribution < -0.4 is 0 Å². The van der Waals surface area contributed by atoms with Crippen LogP contribution in [0.25, 0.3) is 0 Å². The number of piperazine rings is 1. The van der Waals surface area contributed by atoms with Crippen molar-refractivity contribution >= 4 is 5.78 Å². The first-order valence-corrected chi connectivity index (χ1v) is 16.9. The van der Waals surface area contributed by atoms with Gasteiger partial charge in [-0.15, -0.1) is 0 Å². The van der Waals surface area contributed by atoms with Gasteiger partial charge < -0.3 is 9.80 Å². The Balaban J connectivity index is 2.20. The van der Waals surface area contributed by atoms with Crippen molar-refractivity contribution in [2.24, 2.45) is 5.92 Å². The highest BCUT2D eigenvalue weighted by Gasteiger charge is 2.17.